The number of carbonyl (C=O) groups is 1. The smallest absolute Gasteiger partial charge is 0.282 e. The van der Waals surface area contributed by atoms with Crippen molar-refractivity contribution in [2.75, 3.05) is 19.6 Å². The summed E-state index contributed by atoms with van der Waals surface area (Å²) in [6, 6.07) is 4.66. The van der Waals surface area contributed by atoms with Gasteiger partial charge >= 0.3 is 0 Å². The van der Waals surface area contributed by atoms with Crippen molar-refractivity contribution in [2.24, 2.45) is 0 Å². The highest BCUT2D eigenvalue weighted by Crippen LogP contribution is 2.21. The molecule has 2 rings (SSSR count). The summed E-state index contributed by atoms with van der Waals surface area (Å²) >= 11 is 0. The summed E-state index contributed by atoms with van der Waals surface area (Å²) in [7, 11) is 0. The van der Waals surface area contributed by atoms with E-state index in [4.69, 9.17) is 0 Å². The molecule has 1 aromatic carbocycles. The molecule has 0 radical (unpaired) electrons. The van der Waals surface area contributed by atoms with Gasteiger partial charge in [-0.3, -0.25) is 14.9 Å². The second kappa shape index (κ2) is 8.06. The Balaban J connectivity index is 2.02. The molecule has 0 aliphatic carbocycles. The van der Waals surface area contributed by atoms with Crippen molar-refractivity contribution < 1.29 is 9.72 Å². The topological polar surface area (TPSA) is 75.5 Å². The molecule has 23 heavy (non-hydrogen) atoms. The van der Waals surface area contributed by atoms with Gasteiger partial charge in [-0.25, -0.2) is 0 Å². The minimum absolute atomic E-state index is 0.0418. The number of nitrogens with zero attached hydrogens (tertiary/aromatic N) is 2. The molecule has 1 aliphatic heterocycles. The van der Waals surface area contributed by atoms with Gasteiger partial charge in [0.25, 0.3) is 11.6 Å². The maximum Gasteiger partial charge on any atom is 0.282 e. The van der Waals surface area contributed by atoms with Gasteiger partial charge in [0, 0.05) is 18.7 Å². The number of carbonyl (C=O) groups excluding carboxylic acids is 1. The Kier molecular flexibility index (Phi) is 6.10. The molecule has 1 fully saturated rings. The molecule has 1 aromatic rings. The lowest BCUT2D eigenvalue weighted by Gasteiger charge is -2.24. The van der Waals surface area contributed by atoms with E-state index in [0.29, 0.717) is 5.56 Å². The van der Waals surface area contributed by atoms with Crippen LogP contribution in [0.1, 0.15) is 48.5 Å². The highest BCUT2D eigenvalue weighted by atomic mass is 16.6. The van der Waals surface area contributed by atoms with E-state index in [0.717, 1.165) is 19.6 Å². The van der Waals surface area contributed by atoms with Gasteiger partial charge in [-0.2, -0.15) is 0 Å². The van der Waals surface area contributed by atoms with Crippen LogP contribution in [0.15, 0.2) is 18.2 Å². The molecule has 0 bridgehead atoms. The van der Waals surface area contributed by atoms with E-state index in [1.807, 2.05) is 6.92 Å². The van der Waals surface area contributed by atoms with Gasteiger partial charge in [0.2, 0.25) is 0 Å². The van der Waals surface area contributed by atoms with Gasteiger partial charge in [-0.05, 0) is 45.3 Å². The van der Waals surface area contributed by atoms with Crippen molar-refractivity contribution in [3.8, 4) is 0 Å². The molecule has 6 nitrogen and oxygen atoms in total. The van der Waals surface area contributed by atoms with Crippen molar-refractivity contribution >= 4 is 11.6 Å². The van der Waals surface area contributed by atoms with Crippen molar-refractivity contribution in [3.05, 3.63) is 39.4 Å². The number of likely N-dealkylation sites (tertiary alicyclic amines) is 1. The summed E-state index contributed by atoms with van der Waals surface area (Å²) in [6.45, 7) is 6.58. The van der Waals surface area contributed by atoms with Crippen molar-refractivity contribution in [1.29, 1.82) is 0 Å². The van der Waals surface area contributed by atoms with Crippen LogP contribution in [0.3, 0.4) is 0 Å². The first-order chi connectivity index (χ1) is 11.0. The molecule has 0 saturated carbocycles. The zero-order valence-corrected chi connectivity index (χ0v) is 13.9. The number of nitro groups is 1. The molecule has 126 valence electrons. The van der Waals surface area contributed by atoms with Crippen LogP contribution >= 0.6 is 0 Å². The number of aryl methyl sites for hydroxylation is 1. The summed E-state index contributed by atoms with van der Waals surface area (Å²) in [5.74, 6) is -0.364. The highest BCUT2D eigenvalue weighted by Gasteiger charge is 2.23. The fourth-order valence-corrected chi connectivity index (χ4v) is 3.15. The molecule has 1 aliphatic rings. The summed E-state index contributed by atoms with van der Waals surface area (Å²) in [6.07, 6.45) is 4.94. The average molecular weight is 319 g/mol. The first kappa shape index (κ1) is 17.4. The summed E-state index contributed by atoms with van der Waals surface area (Å²) in [4.78, 5) is 25.5. The van der Waals surface area contributed by atoms with E-state index >= 15 is 0 Å². The Labute approximate surface area is 137 Å². The number of rotatable bonds is 5. The molecule has 1 amide bonds. The molecule has 1 heterocycles. The number of nitro benzene ring substituents is 1. The third kappa shape index (κ3) is 4.76. The van der Waals surface area contributed by atoms with Crippen molar-refractivity contribution in [1.82, 2.24) is 10.2 Å². The van der Waals surface area contributed by atoms with Crippen LogP contribution in [0.5, 0.6) is 0 Å². The van der Waals surface area contributed by atoms with Gasteiger partial charge in [0.05, 0.1) is 4.92 Å². The van der Waals surface area contributed by atoms with Crippen LogP contribution in [0.25, 0.3) is 0 Å². The second-order valence-corrected chi connectivity index (χ2v) is 6.32. The van der Waals surface area contributed by atoms with E-state index in [1.165, 1.54) is 31.7 Å². The number of hydrogen-bond acceptors (Lipinski definition) is 4. The Morgan fingerprint density at radius 3 is 2.57 bits per heavy atom. The monoisotopic (exact) mass is 319 g/mol. The second-order valence-electron chi connectivity index (χ2n) is 6.32. The summed E-state index contributed by atoms with van der Waals surface area (Å²) < 4.78 is 0. The maximum atomic E-state index is 12.5. The van der Waals surface area contributed by atoms with E-state index in [1.54, 1.807) is 19.1 Å². The van der Waals surface area contributed by atoms with Crippen molar-refractivity contribution in [2.45, 2.75) is 45.6 Å². The SMILES string of the molecule is Cc1cccc([N+](=O)[O-])c1C(=O)N[C@@H](C)CN1CCCCCC1. The van der Waals surface area contributed by atoms with Crippen LogP contribution in [0, 0.1) is 17.0 Å². The standard InChI is InChI=1S/C17H25N3O3/c1-13-8-7-9-15(20(22)23)16(13)17(21)18-14(2)12-19-10-5-3-4-6-11-19/h7-9,14H,3-6,10-12H2,1-2H3,(H,18,21)/t14-/m0/s1. The average Bonchev–Trinajstić information content (AvgIpc) is 2.75. The predicted octanol–water partition coefficient (Wildman–Crippen LogP) is 2.90. The third-order valence-corrected chi connectivity index (χ3v) is 4.28. The number of hydrogen-bond donors (Lipinski definition) is 1. The lowest BCUT2D eigenvalue weighted by molar-refractivity contribution is -0.385. The Morgan fingerprint density at radius 1 is 1.30 bits per heavy atom. The Morgan fingerprint density at radius 2 is 1.96 bits per heavy atom. The molecule has 0 aromatic heterocycles. The molecular weight excluding hydrogens is 294 g/mol. The Bertz CT molecular complexity index is 566. The summed E-state index contributed by atoms with van der Waals surface area (Å²) in [5.41, 5.74) is 0.656. The number of nitrogens with one attached hydrogen (secondary N) is 1. The molecule has 0 unspecified atom stereocenters. The van der Waals surface area contributed by atoms with E-state index in [2.05, 4.69) is 10.2 Å². The van der Waals surface area contributed by atoms with E-state index < -0.39 is 4.92 Å². The highest BCUT2D eigenvalue weighted by molar-refractivity contribution is 5.99. The van der Waals surface area contributed by atoms with Gasteiger partial charge < -0.3 is 10.2 Å². The fourth-order valence-electron chi connectivity index (χ4n) is 3.15. The molecule has 1 N–H and O–H groups in total. The maximum absolute atomic E-state index is 12.5. The third-order valence-electron chi connectivity index (χ3n) is 4.28. The zero-order chi connectivity index (χ0) is 16.8. The first-order valence-electron chi connectivity index (χ1n) is 8.26. The van der Waals surface area contributed by atoms with E-state index in [-0.39, 0.29) is 23.2 Å². The van der Waals surface area contributed by atoms with E-state index in [9.17, 15) is 14.9 Å². The first-order valence-corrected chi connectivity index (χ1v) is 8.26. The molecule has 0 spiro atoms. The van der Waals surface area contributed by atoms with Crippen LogP contribution < -0.4 is 5.32 Å². The minimum Gasteiger partial charge on any atom is -0.348 e. The Hall–Kier alpha value is -1.95. The predicted molar refractivity (Wildman–Crippen MR) is 89.7 cm³/mol. The van der Waals surface area contributed by atoms with Gasteiger partial charge in [-0.1, -0.05) is 25.0 Å². The quantitative estimate of drug-likeness (QED) is 0.669. The van der Waals surface area contributed by atoms with Gasteiger partial charge in [0.15, 0.2) is 0 Å². The molecular formula is C17H25N3O3. The fraction of sp³-hybridized carbons (Fsp3) is 0.588. The molecule has 1 atom stereocenters. The van der Waals surface area contributed by atoms with Crippen LogP contribution in [0.2, 0.25) is 0 Å². The van der Waals surface area contributed by atoms with Crippen LogP contribution in [-0.2, 0) is 0 Å². The van der Waals surface area contributed by atoms with Crippen molar-refractivity contribution in [3.63, 3.8) is 0 Å². The van der Waals surface area contributed by atoms with Gasteiger partial charge in [-0.15, -0.1) is 0 Å². The van der Waals surface area contributed by atoms with Crippen LogP contribution in [-0.4, -0.2) is 41.4 Å². The summed E-state index contributed by atoms with van der Waals surface area (Å²) in [5, 5.41) is 14.1. The minimum atomic E-state index is -0.499. The zero-order valence-electron chi connectivity index (χ0n) is 13.9. The van der Waals surface area contributed by atoms with Gasteiger partial charge in [0.1, 0.15) is 5.56 Å². The lowest BCUT2D eigenvalue weighted by Crippen LogP contribution is -2.42. The van der Waals surface area contributed by atoms with Crippen LogP contribution in [0.4, 0.5) is 5.69 Å². The largest absolute Gasteiger partial charge is 0.348 e. The normalized spacial score (nSPS) is 17.3. The molecule has 6 heteroatoms. The lowest BCUT2D eigenvalue weighted by atomic mass is 10.1. The molecule has 1 saturated heterocycles. The number of benzene rings is 1. The number of amides is 1.